The Balaban J connectivity index is 1.82. The Hall–Kier alpha value is -2.51. The molecule has 0 saturated carbocycles. The molecule has 0 spiro atoms. The van der Waals surface area contributed by atoms with E-state index in [0.717, 1.165) is 0 Å². The Kier molecular flexibility index (Phi) is 5.19. The van der Waals surface area contributed by atoms with Crippen molar-refractivity contribution in [3.63, 3.8) is 0 Å². The molecule has 106 valence electrons. The molecular formula is C16H13ClN2O2. The number of amides is 1. The average Bonchev–Trinajstić information content (AvgIpc) is 2.50. The Morgan fingerprint density at radius 2 is 1.90 bits per heavy atom. The monoisotopic (exact) mass is 300 g/mol. The zero-order chi connectivity index (χ0) is 15.1. The van der Waals surface area contributed by atoms with E-state index in [-0.39, 0.29) is 18.9 Å². The minimum atomic E-state index is -0.202. The van der Waals surface area contributed by atoms with E-state index < -0.39 is 0 Å². The maximum Gasteiger partial charge on any atom is 0.227 e. The van der Waals surface area contributed by atoms with Crippen molar-refractivity contribution in [3.05, 3.63) is 59.1 Å². The van der Waals surface area contributed by atoms with Gasteiger partial charge in [-0.2, -0.15) is 5.26 Å². The third-order valence-electron chi connectivity index (χ3n) is 2.73. The first-order chi connectivity index (χ1) is 10.2. The van der Waals surface area contributed by atoms with E-state index in [1.165, 1.54) is 0 Å². The topological polar surface area (TPSA) is 62.1 Å². The lowest BCUT2D eigenvalue weighted by molar-refractivity contribution is -0.116. The number of halogens is 1. The van der Waals surface area contributed by atoms with Gasteiger partial charge < -0.3 is 10.1 Å². The summed E-state index contributed by atoms with van der Waals surface area (Å²) in [7, 11) is 0. The molecular weight excluding hydrogens is 288 g/mol. The maximum absolute atomic E-state index is 11.8. The minimum absolute atomic E-state index is 0.197. The normalized spacial score (nSPS) is 9.71. The van der Waals surface area contributed by atoms with Crippen LogP contribution in [0.1, 0.15) is 12.0 Å². The van der Waals surface area contributed by atoms with Crippen LogP contribution in [0.2, 0.25) is 5.02 Å². The summed E-state index contributed by atoms with van der Waals surface area (Å²) in [6.07, 6.45) is 0.197. The van der Waals surface area contributed by atoms with Crippen LogP contribution >= 0.6 is 11.6 Å². The summed E-state index contributed by atoms with van der Waals surface area (Å²) in [6.45, 7) is 0.252. The van der Waals surface area contributed by atoms with E-state index in [2.05, 4.69) is 5.32 Å². The second-order valence-electron chi connectivity index (χ2n) is 4.26. The molecule has 0 atom stereocenters. The molecule has 4 nitrogen and oxygen atoms in total. The molecule has 2 aromatic carbocycles. The van der Waals surface area contributed by atoms with Crippen LogP contribution in [0.4, 0.5) is 5.69 Å². The van der Waals surface area contributed by atoms with Crippen LogP contribution in [0.25, 0.3) is 0 Å². The third-order valence-corrected chi connectivity index (χ3v) is 2.99. The molecule has 0 aliphatic carbocycles. The predicted octanol–water partition coefficient (Wildman–Crippen LogP) is 3.62. The van der Waals surface area contributed by atoms with E-state index in [4.69, 9.17) is 21.6 Å². The summed E-state index contributed by atoms with van der Waals surface area (Å²) in [5.74, 6) is 0.455. The van der Waals surface area contributed by atoms with Crippen molar-refractivity contribution in [2.75, 3.05) is 11.9 Å². The van der Waals surface area contributed by atoms with Crippen molar-refractivity contribution in [2.24, 2.45) is 0 Å². The zero-order valence-electron chi connectivity index (χ0n) is 11.2. The fraction of sp³-hybridized carbons (Fsp3) is 0.125. The van der Waals surface area contributed by atoms with E-state index >= 15 is 0 Å². The first kappa shape index (κ1) is 14.9. The van der Waals surface area contributed by atoms with Crippen LogP contribution in [-0.4, -0.2) is 12.5 Å². The number of nitriles is 1. The van der Waals surface area contributed by atoms with E-state index in [1.807, 2.05) is 6.07 Å². The third kappa shape index (κ3) is 4.51. The molecule has 0 heterocycles. The largest absolute Gasteiger partial charge is 0.493 e. The van der Waals surface area contributed by atoms with Gasteiger partial charge in [0.1, 0.15) is 11.8 Å². The lowest BCUT2D eigenvalue weighted by Crippen LogP contribution is -2.15. The SMILES string of the molecule is N#Cc1ccccc1NC(=O)CCOc1ccc(Cl)cc1. The average molecular weight is 301 g/mol. The highest BCUT2D eigenvalue weighted by atomic mass is 35.5. The highest BCUT2D eigenvalue weighted by molar-refractivity contribution is 6.30. The van der Waals surface area contributed by atoms with Crippen LogP contribution in [0, 0.1) is 11.3 Å². The van der Waals surface area contributed by atoms with Crippen LogP contribution in [-0.2, 0) is 4.79 Å². The molecule has 5 heteroatoms. The van der Waals surface area contributed by atoms with Gasteiger partial charge in [0.15, 0.2) is 0 Å². The number of carbonyl (C=O) groups excluding carboxylic acids is 1. The molecule has 0 bridgehead atoms. The molecule has 1 N–H and O–H groups in total. The molecule has 2 aromatic rings. The number of nitrogens with one attached hydrogen (secondary N) is 1. The van der Waals surface area contributed by atoms with Gasteiger partial charge in [0, 0.05) is 5.02 Å². The smallest absolute Gasteiger partial charge is 0.227 e. The van der Waals surface area contributed by atoms with E-state index in [0.29, 0.717) is 22.0 Å². The van der Waals surface area contributed by atoms with Gasteiger partial charge in [-0.05, 0) is 36.4 Å². The first-order valence-electron chi connectivity index (χ1n) is 6.36. The quantitative estimate of drug-likeness (QED) is 0.917. The summed E-state index contributed by atoms with van der Waals surface area (Å²) in [5, 5.41) is 12.3. The Morgan fingerprint density at radius 3 is 2.62 bits per heavy atom. The first-order valence-corrected chi connectivity index (χ1v) is 6.74. The Labute approximate surface area is 127 Å². The van der Waals surface area contributed by atoms with Crippen molar-refractivity contribution < 1.29 is 9.53 Å². The summed E-state index contributed by atoms with van der Waals surface area (Å²) in [6, 6.07) is 15.8. The summed E-state index contributed by atoms with van der Waals surface area (Å²) in [5.41, 5.74) is 0.945. The lowest BCUT2D eigenvalue weighted by atomic mass is 10.2. The van der Waals surface area contributed by atoms with Crippen LogP contribution in [0.5, 0.6) is 5.75 Å². The highest BCUT2D eigenvalue weighted by Gasteiger charge is 2.06. The number of nitrogens with zero attached hydrogens (tertiary/aromatic N) is 1. The van der Waals surface area contributed by atoms with Gasteiger partial charge in [0.2, 0.25) is 5.91 Å². The fourth-order valence-corrected chi connectivity index (χ4v) is 1.82. The van der Waals surface area contributed by atoms with Crippen LogP contribution < -0.4 is 10.1 Å². The summed E-state index contributed by atoms with van der Waals surface area (Å²) < 4.78 is 5.44. The molecule has 0 saturated heterocycles. The van der Waals surface area contributed by atoms with Gasteiger partial charge >= 0.3 is 0 Å². The van der Waals surface area contributed by atoms with Gasteiger partial charge in [-0.15, -0.1) is 0 Å². The second kappa shape index (κ2) is 7.32. The van der Waals surface area contributed by atoms with E-state index in [9.17, 15) is 4.79 Å². The number of rotatable bonds is 5. The summed E-state index contributed by atoms with van der Waals surface area (Å²) >= 11 is 5.77. The molecule has 21 heavy (non-hydrogen) atoms. The number of hydrogen-bond donors (Lipinski definition) is 1. The molecule has 0 aromatic heterocycles. The lowest BCUT2D eigenvalue weighted by Gasteiger charge is -2.08. The molecule has 0 aliphatic heterocycles. The van der Waals surface area contributed by atoms with Gasteiger partial charge in [-0.1, -0.05) is 23.7 Å². The Bertz CT molecular complexity index is 663. The molecule has 0 fully saturated rings. The number of carbonyl (C=O) groups is 1. The molecule has 0 radical (unpaired) electrons. The zero-order valence-corrected chi connectivity index (χ0v) is 11.9. The number of hydrogen-bond acceptors (Lipinski definition) is 3. The van der Waals surface area contributed by atoms with Crippen molar-refractivity contribution >= 4 is 23.2 Å². The van der Waals surface area contributed by atoms with Crippen LogP contribution in [0.3, 0.4) is 0 Å². The fourth-order valence-electron chi connectivity index (χ4n) is 1.69. The maximum atomic E-state index is 11.8. The minimum Gasteiger partial charge on any atom is -0.493 e. The van der Waals surface area contributed by atoms with Gasteiger partial charge in [-0.3, -0.25) is 4.79 Å². The van der Waals surface area contributed by atoms with Gasteiger partial charge in [0.25, 0.3) is 0 Å². The van der Waals surface area contributed by atoms with E-state index in [1.54, 1.807) is 48.5 Å². The summed E-state index contributed by atoms with van der Waals surface area (Å²) in [4.78, 5) is 11.8. The highest BCUT2D eigenvalue weighted by Crippen LogP contribution is 2.16. The van der Waals surface area contributed by atoms with Crippen LogP contribution in [0.15, 0.2) is 48.5 Å². The molecule has 0 aliphatic rings. The molecule has 2 rings (SSSR count). The van der Waals surface area contributed by atoms with Gasteiger partial charge in [-0.25, -0.2) is 0 Å². The van der Waals surface area contributed by atoms with Crippen molar-refractivity contribution in [1.82, 2.24) is 0 Å². The van der Waals surface area contributed by atoms with Crippen molar-refractivity contribution in [3.8, 4) is 11.8 Å². The molecule has 1 amide bonds. The Morgan fingerprint density at radius 1 is 1.19 bits per heavy atom. The molecule has 0 unspecified atom stereocenters. The standard InChI is InChI=1S/C16H13ClN2O2/c17-13-5-7-14(8-6-13)21-10-9-16(20)19-15-4-2-1-3-12(15)11-18/h1-8H,9-10H2,(H,19,20). The number of ether oxygens (including phenoxy) is 1. The van der Waals surface area contributed by atoms with Gasteiger partial charge in [0.05, 0.1) is 24.3 Å². The van der Waals surface area contributed by atoms with Crippen molar-refractivity contribution in [2.45, 2.75) is 6.42 Å². The predicted molar refractivity (Wildman–Crippen MR) is 81.4 cm³/mol. The second-order valence-corrected chi connectivity index (χ2v) is 4.69. The number of anilines is 1. The van der Waals surface area contributed by atoms with Crippen molar-refractivity contribution in [1.29, 1.82) is 5.26 Å². The number of para-hydroxylation sites is 1. The number of benzene rings is 2.